The first-order chi connectivity index (χ1) is 5.70. The molecule has 0 saturated heterocycles. The quantitative estimate of drug-likeness (QED) is 0.779. The largest absolute Gasteiger partial charge is 0.377 e. The molecule has 0 atom stereocenters. The predicted molar refractivity (Wildman–Crippen MR) is 49.5 cm³/mol. The van der Waals surface area contributed by atoms with Crippen LogP contribution in [0.4, 0.5) is 0 Å². The number of aromatic amines is 1. The number of hydrogen-bond donors (Lipinski definition) is 1. The number of H-pyrrole nitrogens is 1. The molecule has 12 heavy (non-hydrogen) atoms. The lowest BCUT2D eigenvalue weighted by Crippen LogP contribution is -1.96. The first-order valence-electron chi connectivity index (χ1n) is 3.15. The second-order valence-electron chi connectivity index (χ2n) is 2.27. The van der Waals surface area contributed by atoms with Gasteiger partial charge in [0.05, 0.1) is 5.02 Å². The minimum Gasteiger partial charge on any atom is -0.377 e. The third-order valence-electron chi connectivity index (χ3n) is 1.53. The van der Waals surface area contributed by atoms with Crippen molar-refractivity contribution in [2.45, 2.75) is 0 Å². The Hall–Kier alpha value is -0.740. The fourth-order valence-electron chi connectivity index (χ4n) is 0.993. The molecule has 0 amide bonds. The molecule has 62 valence electrons. The molecule has 0 aliphatic carbocycles. The average Bonchev–Trinajstić information content (AvgIpc) is 2.42. The van der Waals surface area contributed by atoms with Crippen LogP contribution in [0.15, 0.2) is 25.9 Å². The van der Waals surface area contributed by atoms with Gasteiger partial charge in [-0.25, -0.2) is 0 Å². The molecule has 1 N–H and O–H groups in total. The number of hydrogen-bond acceptors (Lipinski definition) is 2. The first-order valence-corrected chi connectivity index (χ1v) is 4.32. The zero-order valence-corrected chi connectivity index (χ0v) is 8.07. The van der Waals surface area contributed by atoms with Gasteiger partial charge in [0.25, 0.3) is 5.56 Å². The Balaban J connectivity index is 3.09. The van der Waals surface area contributed by atoms with Crippen LogP contribution in [0.3, 0.4) is 0 Å². The van der Waals surface area contributed by atoms with Crippen LogP contribution in [0.25, 0.3) is 11.0 Å². The minimum absolute atomic E-state index is 0.278. The Bertz CT molecular complexity index is 488. The van der Waals surface area contributed by atoms with Gasteiger partial charge in [-0.05, 0) is 28.1 Å². The SMILES string of the molecule is O=c1[nH]oc2c(Cl)ccc(Br)c12. The number of benzene rings is 1. The first kappa shape index (κ1) is 7.89. The summed E-state index contributed by atoms with van der Waals surface area (Å²) in [7, 11) is 0. The van der Waals surface area contributed by atoms with Crippen LogP contribution >= 0.6 is 27.5 Å². The molecule has 1 heterocycles. The third kappa shape index (κ3) is 0.990. The maximum absolute atomic E-state index is 11.1. The maximum atomic E-state index is 11.1. The van der Waals surface area contributed by atoms with Crippen LogP contribution < -0.4 is 5.56 Å². The molecule has 0 fully saturated rings. The van der Waals surface area contributed by atoms with Gasteiger partial charge in [0.1, 0.15) is 5.39 Å². The Labute approximate surface area is 80.4 Å². The molecule has 0 unspecified atom stereocenters. The summed E-state index contributed by atoms with van der Waals surface area (Å²) in [5, 5.41) is 3.08. The lowest BCUT2D eigenvalue weighted by Gasteiger charge is -1.91. The molecule has 0 aliphatic rings. The monoisotopic (exact) mass is 247 g/mol. The molecule has 0 aliphatic heterocycles. The summed E-state index contributed by atoms with van der Waals surface area (Å²) in [5.41, 5.74) is 0.107. The van der Waals surface area contributed by atoms with Crippen LogP contribution in [0.2, 0.25) is 5.02 Å². The molecular weight excluding hydrogens is 245 g/mol. The Morgan fingerprint density at radius 2 is 2.25 bits per heavy atom. The maximum Gasteiger partial charge on any atom is 0.289 e. The molecule has 0 saturated carbocycles. The van der Waals surface area contributed by atoms with Crippen molar-refractivity contribution in [3.63, 3.8) is 0 Å². The summed E-state index contributed by atoms with van der Waals surface area (Å²) < 4.78 is 5.54. The van der Waals surface area contributed by atoms with Gasteiger partial charge in [-0.2, -0.15) is 5.16 Å². The predicted octanol–water partition coefficient (Wildman–Crippen LogP) is 2.54. The van der Waals surface area contributed by atoms with Crippen LogP contribution in [-0.2, 0) is 0 Å². The van der Waals surface area contributed by atoms with Crippen molar-refractivity contribution in [2.24, 2.45) is 0 Å². The van der Waals surface area contributed by atoms with E-state index in [-0.39, 0.29) is 5.56 Å². The van der Waals surface area contributed by atoms with E-state index in [2.05, 4.69) is 21.1 Å². The molecule has 2 aromatic rings. The smallest absolute Gasteiger partial charge is 0.289 e. The molecule has 0 bridgehead atoms. The second-order valence-corrected chi connectivity index (χ2v) is 3.53. The van der Waals surface area contributed by atoms with E-state index in [1.165, 1.54) is 0 Å². The van der Waals surface area contributed by atoms with E-state index < -0.39 is 0 Å². The number of rotatable bonds is 0. The summed E-state index contributed by atoms with van der Waals surface area (Å²) >= 11 is 8.99. The fraction of sp³-hybridized carbons (Fsp3) is 0. The van der Waals surface area contributed by atoms with Crippen molar-refractivity contribution in [1.29, 1.82) is 0 Å². The lowest BCUT2D eigenvalue weighted by molar-refractivity contribution is 0.449. The highest BCUT2D eigenvalue weighted by molar-refractivity contribution is 9.10. The van der Waals surface area contributed by atoms with Crippen molar-refractivity contribution in [3.8, 4) is 0 Å². The standard InChI is InChI=1S/C7H3BrClNO2/c8-3-1-2-4(9)6-5(3)7(11)10-12-6/h1-2H,(H,10,11). The van der Waals surface area contributed by atoms with Gasteiger partial charge in [-0.1, -0.05) is 11.6 Å². The zero-order valence-electron chi connectivity index (χ0n) is 5.73. The summed E-state index contributed by atoms with van der Waals surface area (Å²) in [6.45, 7) is 0. The molecule has 1 aromatic heterocycles. The van der Waals surface area contributed by atoms with Crippen molar-refractivity contribution in [3.05, 3.63) is 32.0 Å². The van der Waals surface area contributed by atoms with Crippen LogP contribution in [0, 0.1) is 0 Å². The third-order valence-corrected chi connectivity index (χ3v) is 2.49. The van der Waals surface area contributed by atoms with Gasteiger partial charge in [-0.3, -0.25) is 4.79 Å². The fourth-order valence-corrected chi connectivity index (χ4v) is 1.68. The van der Waals surface area contributed by atoms with Gasteiger partial charge in [0, 0.05) is 4.47 Å². The van der Waals surface area contributed by atoms with E-state index in [0.717, 1.165) is 0 Å². The summed E-state index contributed by atoms with van der Waals surface area (Å²) in [6, 6.07) is 3.36. The Kier molecular flexibility index (Phi) is 1.73. The molecule has 5 heteroatoms. The van der Waals surface area contributed by atoms with E-state index in [1.807, 2.05) is 0 Å². The van der Waals surface area contributed by atoms with Crippen molar-refractivity contribution in [1.82, 2.24) is 5.16 Å². The highest BCUT2D eigenvalue weighted by Crippen LogP contribution is 2.26. The molecule has 0 radical (unpaired) electrons. The summed E-state index contributed by atoms with van der Waals surface area (Å²) in [6.07, 6.45) is 0. The highest BCUT2D eigenvalue weighted by atomic mass is 79.9. The zero-order chi connectivity index (χ0) is 8.72. The van der Waals surface area contributed by atoms with Crippen molar-refractivity contribution < 1.29 is 4.52 Å². The lowest BCUT2D eigenvalue weighted by atomic mass is 10.3. The van der Waals surface area contributed by atoms with E-state index in [9.17, 15) is 4.79 Å². The van der Waals surface area contributed by atoms with Crippen LogP contribution in [-0.4, -0.2) is 5.16 Å². The minimum atomic E-state index is -0.278. The average molecular weight is 248 g/mol. The molecule has 1 aromatic carbocycles. The van der Waals surface area contributed by atoms with Gasteiger partial charge in [0.15, 0.2) is 5.58 Å². The van der Waals surface area contributed by atoms with Gasteiger partial charge >= 0.3 is 0 Å². The van der Waals surface area contributed by atoms with Crippen LogP contribution in [0.1, 0.15) is 0 Å². The van der Waals surface area contributed by atoms with Gasteiger partial charge in [0.2, 0.25) is 0 Å². The normalized spacial score (nSPS) is 10.8. The molecule has 3 nitrogen and oxygen atoms in total. The Morgan fingerprint density at radius 1 is 1.50 bits per heavy atom. The number of fused-ring (bicyclic) bond motifs is 1. The number of halogens is 2. The van der Waals surface area contributed by atoms with E-state index in [0.29, 0.717) is 20.5 Å². The van der Waals surface area contributed by atoms with Crippen molar-refractivity contribution in [2.75, 3.05) is 0 Å². The van der Waals surface area contributed by atoms with Gasteiger partial charge in [-0.15, -0.1) is 0 Å². The van der Waals surface area contributed by atoms with Crippen molar-refractivity contribution >= 4 is 38.5 Å². The molecule has 0 spiro atoms. The van der Waals surface area contributed by atoms with Crippen LogP contribution in [0.5, 0.6) is 0 Å². The highest BCUT2D eigenvalue weighted by Gasteiger charge is 2.10. The Morgan fingerprint density at radius 3 is 2.92 bits per heavy atom. The summed E-state index contributed by atoms with van der Waals surface area (Å²) in [4.78, 5) is 11.1. The molecular formula is C7H3BrClNO2. The number of nitrogens with one attached hydrogen (secondary N) is 1. The summed E-state index contributed by atoms with van der Waals surface area (Å²) in [5.74, 6) is 0. The number of aromatic nitrogens is 1. The second kappa shape index (κ2) is 2.64. The van der Waals surface area contributed by atoms with E-state index in [4.69, 9.17) is 16.1 Å². The van der Waals surface area contributed by atoms with E-state index in [1.54, 1.807) is 12.1 Å². The van der Waals surface area contributed by atoms with E-state index >= 15 is 0 Å². The van der Waals surface area contributed by atoms with Gasteiger partial charge < -0.3 is 4.52 Å². The molecule has 2 rings (SSSR count). The topological polar surface area (TPSA) is 46.0 Å².